The molecular formula is C15H13BrFNO2. The first-order valence-corrected chi connectivity index (χ1v) is 7.10. The minimum Gasteiger partial charge on any atom is -0.364 e. The van der Waals surface area contributed by atoms with E-state index in [9.17, 15) is 9.50 Å². The normalized spacial score (nSPS) is 13.2. The van der Waals surface area contributed by atoms with Gasteiger partial charge in [0.1, 0.15) is 5.82 Å². The van der Waals surface area contributed by atoms with E-state index in [0.717, 1.165) is 10.9 Å². The number of hydrogen-bond acceptors (Lipinski definition) is 2. The standard InChI is InChI=1S/C15H13BrFNO2/c1-2-20-15(19)9-7-10(17)13(16)12-8-5-3-4-6-11(8)18-14(9)12/h3-7,15,18-19H,2H2,1H3. The average molecular weight is 338 g/mol. The van der Waals surface area contributed by atoms with Gasteiger partial charge in [0.05, 0.1) is 9.99 Å². The van der Waals surface area contributed by atoms with Gasteiger partial charge in [-0.3, -0.25) is 0 Å². The fourth-order valence-electron chi connectivity index (χ4n) is 2.42. The summed E-state index contributed by atoms with van der Waals surface area (Å²) in [5, 5.41) is 11.7. The monoisotopic (exact) mass is 337 g/mol. The summed E-state index contributed by atoms with van der Waals surface area (Å²) in [6.45, 7) is 2.13. The number of benzene rings is 2. The number of rotatable bonds is 3. The molecule has 1 aromatic heterocycles. The zero-order chi connectivity index (χ0) is 14.3. The third-order valence-electron chi connectivity index (χ3n) is 3.30. The van der Waals surface area contributed by atoms with Gasteiger partial charge in [-0.1, -0.05) is 18.2 Å². The van der Waals surface area contributed by atoms with Crippen LogP contribution in [-0.4, -0.2) is 16.7 Å². The SMILES string of the molecule is CCOC(O)c1cc(F)c(Br)c2c1[nH]c1ccccc12. The molecule has 104 valence electrons. The van der Waals surface area contributed by atoms with Crippen LogP contribution >= 0.6 is 15.9 Å². The molecule has 3 nitrogen and oxygen atoms in total. The Morgan fingerprint density at radius 3 is 2.90 bits per heavy atom. The Morgan fingerprint density at radius 2 is 2.15 bits per heavy atom. The lowest BCUT2D eigenvalue weighted by molar-refractivity contribution is -0.0972. The quantitative estimate of drug-likeness (QED) is 0.702. The molecule has 1 heterocycles. The molecule has 0 bridgehead atoms. The third-order valence-corrected chi connectivity index (χ3v) is 4.07. The van der Waals surface area contributed by atoms with Gasteiger partial charge in [-0.15, -0.1) is 0 Å². The molecule has 0 amide bonds. The van der Waals surface area contributed by atoms with E-state index in [2.05, 4.69) is 20.9 Å². The van der Waals surface area contributed by atoms with Crippen molar-refractivity contribution in [3.63, 3.8) is 0 Å². The Balaban J connectivity index is 2.39. The second-order valence-corrected chi connectivity index (χ2v) is 5.28. The van der Waals surface area contributed by atoms with Gasteiger partial charge in [-0.25, -0.2) is 4.39 Å². The van der Waals surface area contributed by atoms with E-state index in [1.165, 1.54) is 6.07 Å². The van der Waals surface area contributed by atoms with E-state index in [4.69, 9.17) is 4.74 Å². The van der Waals surface area contributed by atoms with Crippen molar-refractivity contribution in [1.82, 2.24) is 4.98 Å². The van der Waals surface area contributed by atoms with Crippen LogP contribution in [0.4, 0.5) is 4.39 Å². The molecule has 0 fully saturated rings. The van der Waals surface area contributed by atoms with Crippen LogP contribution in [0.3, 0.4) is 0 Å². The number of nitrogens with one attached hydrogen (secondary N) is 1. The molecule has 2 N–H and O–H groups in total. The van der Waals surface area contributed by atoms with Gasteiger partial charge in [0, 0.05) is 28.5 Å². The van der Waals surface area contributed by atoms with Gasteiger partial charge < -0.3 is 14.8 Å². The van der Waals surface area contributed by atoms with E-state index in [1.807, 2.05) is 24.3 Å². The van der Waals surface area contributed by atoms with Crippen LogP contribution in [0.5, 0.6) is 0 Å². The van der Waals surface area contributed by atoms with Crippen molar-refractivity contribution in [3.8, 4) is 0 Å². The summed E-state index contributed by atoms with van der Waals surface area (Å²) < 4.78 is 19.7. The molecule has 5 heteroatoms. The van der Waals surface area contributed by atoms with Crippen LogP contribution in [0.1, 0.15) is 18.8 Å². The number of hydrogen-bond donors (Lipinski definition) is 2. The molecule has 2 aromatic carbocycles. The second kappa shape index (κ2) is 5.16. The van der Waals surface area contributed by atoms with E-state index in [1.54, 1.807) is 6.92 Å². The lowest BCUT2D eigenvalue weighted by atomic mass is 10.1. The minimum absolute atomic E-state index is 0.348. The van der Waals surface area contributed by atoms with Crippen molar-refractivity contribution in [1.29, 1.82) is 0 Å². The summed E-state index contributed by atoms with van der Waals surface area (Å²) in [6.07, 6.45) is -1.15. The van der Waals surface area contributed by atoms with Gasteiger partial charge in [-0.2, -0.15) is 0 Å². The van der Waals surface area contributed by atoms with Crippen LogP contribution in [0.15, 0.2) is 34.8 Å². The molecule has 3 aromatic rings. The Bertz CT molecular complexity index is 784. The van der Waals surface area contributed by atoms with E-state index in [-0.39, 0.29) is 0 Å². The highest BCUT2D eigenvalue weighted by Crippen LogP contribution is 2.37. The highest BCUT2D eigenvalue weighted by Gasteiger charge is 2.19. The summed E-state index contributed by atoms with van der Waals surface area (Å²) in [5.41, 5.74) is 1.97. The van der Waals surface area contributed by atoms with Gasteiger partial charge in [0.15, 0.2) is 6.29 Å². The van der Waals surface area contributed by atoms with Gasteiger partial charge in [0.2, 0.25) is 0 Å². The number of para-hydroxylation sites is 1. The van der Waals surface area contributed by atoms with Crippen LogP contribution in [0.25, 0.3) is 21.8 Å². The van der Waals surface area contributed by atoms with Gasteiger partial charge in [-0.05, 0) is 35.0 Å². The number of halogens is 2. The molecule has 20 heavy (non-hydrogen) atoms. The first-order chi connectivity index (χ1) is 9.63. The molecule has 0 aliphatic carbocycles. The first kappa shape index (κ1) is 13.5. The van der Waals surface area contributed by atoms with Crippen molar-refractivity contribution in [3.05, 3.63) is 46.2 Å². The Labute approximate surface area is 123 Å². The molecule has 0 radical (unpaired) electrons. The second-order valence-electron chi connectivity index (χ2n) is 4.49. The number of aromatic amines is 1. The number of aliphatic hydroxyl groups is 1. The topological polar surface area (TPSA) is 45.2 Å². The zero-order valence-electron chi connectivity index (χ0n) is 10.8. The summed E-state index contributed by atoms with van der Waals surface area (Å²) >= 11 is 3.29. The van der Waals surface area contributed by atoms with Crippen LogP contribution in [0.2, 0.25) is 0 Å². The van der Waals surface area contributed by atoms with Crippen LogP contribution in [-0.2, 0) is 4.74 Å². The highest BCUT2D eigenvalue weighted by atomic mass is 79.9. The van der Waals surface area contributed by atoms with E-state index in [0.29, 0.717) is 27.5 Å². The number of H-pyrrole nitrogens is 1. The fraction of sp³-hybridized carbons (Fsp3) is 0.200. The van der Waals surface area contributed by atoms with Crippen LogP contribution < -0.4 is 0 Å². The van der Waals surface area contributed by atoms with Crippen molar-refractivity contribution < 1.29 is 14.2 Å². The summed E-state index contributed by atoms with van der Waals surface area (Å²) in [4.78, 5) is 3.22. The average Bonchev–Trinajstić information content (AvgIpc) is 2.82. The van der Waals surface area contributed by atoms with Crippen molar-refractivity contribution in [2.45, 2.75) is 13.2 Å². The van der Waals surface area contributed by atoms with Crippen molar-refractivity contribution >= 4 is 37.7 Å². The summed E-state index contributed by atoms with van der Waals surface area (Å²) in [7, 11) is 0. The number of aliphatic hydroxyl groups excluding tert-OH is 1. The molecular weight excluding hydrogens is 325 g/mol. The smallest absolute Gasteiger partial charge is 0.183 e. The predicted octanol–water partition coefficient (Wildman–Crippen LogP) is 4.25. The molecule has 0 spiro atoms. The number of ether oxygens (including phenoxy) is 1. The molecule has 1 atom stereocenters. The molecule has 1 unspecified atom stereocenters. The van der Waals surface area contributed by atoms with E-state index < -0.39 is 12.1 Å². The lowest BCUT2D eigenvalue weighted by Gasteiger charge is -2.13. The minimum atomic E-state index is -1.15. The number of fused-ring (bicyclic) bond motifs is 3. The zero-order valence-corrected chi connectivity index (χ0v) is 12.4. The molecule has 3 rings (SSSR count). The molecule has 0 saturated heterocycles. The molecule has 0 saturated carbocycles. The Hall–Kier alpha value is -1.43. The van der Waals surface area contributed by atoms with Crippen molar-refractivity contribution in [2.24, 2.45) is 0 Å². The van der Waals surface area contributed by atoms with Crippen LogP contribution in [0, 0.1) is 5.82 Å². The molecule has 0 aliphatic heterocycles. The number of aromatic nitrogens is 1. The summed E-state index contributed by atoms with van der Waals surface area (Å²) in [5.74, 6) is -0.420. The molecule has 0 aliphatic rings. The Morgan fingerprint density at radius 1 is 1.40 bits per heavy atom. The van der Waals surface area contributed by atoms with E-state index >= 15 is 0 Å². The van der Waals surface area contributed by atoms with Gasteiger partial charge >= 0.3 is 0 Å². The van der Waals surface area contributed by atoms with Crippen molar-refractivity contribution in [2.75, 3.05) is 6.61 Å². The fourth-order valence-corrected chi connectivity index (χ4v) is 2.95. The Kier molecular flexibility index (Phi) is 3.50. The predicted molar refractivity (Wildman–Crippen MR) is 80.0 cm³/mol. The highest BCUT2D eigenvalue weighted by molar-refractivity contribution is 9.10. The maximum Gasteiger partial charge on any atom is 0.183 e. The summed E-state index contributed by atoms with van der Waals surface area (Å²) in [6, 6.07) is 8.92. The third kappa shape index (κ3) is 2.02. The first-order valence-electron chi connectivity index (χ1n) is 6.31. The van der Waals surface area contributed by atoms with Gasteiger partial charge in [0.25, 0.3) is 0 Å². The lowest BCUT2D eigenvalue weighted by Crippen LogP contribution is -2.04. The largest absolute Gasteiger partial charge is 0.364 e. The maximum atomic E-state index is 14.1. The maximum absolute atomic E-state index is 14.1.